The number of amides is 2. The minimum absolute atomic E-state index is 0.0273. The van der Waals surface area contributed by atoms with Crippen LogP contribution < -0.4 is 5.32 Å². The fraction of sp³-hybridized carbons (Fsp3) is 0.667. The number of thioether (sulfide) groups is 1. The summed E-state index contributed by atoms with van der Waals surface area (Å²) in [6, 6.07) is -0.619. The zero-order valence-electron chi connectivity index (χ0n) is 13.7. The normalized spacial score (nSPS) is 13.1. The topological polar surface area (TPSA) is 86.7 Å². The molecular formula is C15H26N2O4S. The van der Waals surface area contributed by atoms with Crippen LogP contribution >= 0.6 is 11.8 Å². The summed E-state index contributed by atoms with van der Waals surface area (Å²) in [6.07, 6.45) is 2.49. The van der Waals surface area contributed by atoms with Crippen LogP contribution in [0.2, 0.25) is 0 Å². The third kappa shape index (κ3) is 8.19. The van der Waals surface area contributed by atoms with E-state index in [1.807, 2.05) is 6.92 Å². The van der Waals surface area contributed by atoms with Crippen molar-refractivity contribution in [2.24, 2.45) is 0 Å². The number of hydroxylamine groups is 2. The lowest BCUT2D eigenvalue weighted by Gasteiger charge is -2.22. The molecule has 0 aromatic carbocycles. The number of nitrogens with one attached hydrogen (secondary N) is 1. The van der Waals surface area contributed by atoms with Crippen molar-refractivity contribution >= 4 is 28.7 Å². The highest BCUT2D eigenvalue weighted by molar-refractivity contribution is 8.14. The van der Waals surface area contributed by atoms with Crippen LogP contribution in [0, 0.1) is 0 Å². The van der Waals surface area contributed by atoms with Gasteiger partial charge < -0.3 is 5.32 Å². The first kappa shape index (κ1) is 20.7. The molecule has 2 N–H and O–H groups in total. The Morgan fingerprint density at radius 3 is 2.36 bits per heavy atom. The van der Waals surface area contributed by atoms with E-state index in [1.54, 1.807) is 13.8 Å². The fourth-order valence-corrected chi connectivity index (χ4v) is 2.62. The summed E-state index contributed by atoms with van der Waals surface area (Å²) in [5.41, 5.74) is 0.437. The van der Waals surface area contributed by atoms with E-state index in [9.17, 15) is 19.6 Å². The molecule has 0 aromatic rings. The Bertz CT molecular complexity index is 426. The van der Waals surface area contributed by atoms with Crippen molar-refractivity contribution in [3.8, 4) is 0 Å². The predicted octanol–water partition coefficient (Wildman–Crippen LogP) is 2.47. The largest absolute Gasteiger partial charge is 0.344 e. The van der Waals surface area contributed by atoms with E-state index in [2.05, 4.69) is 11.9 Å². The maximum atomic E-state index is 12.0. The van der Waals surface area contributed by atoms with Crippen LogP contribution in [-0.4, -0.2) is 38.6 Å². The molecule has 0 heterocycles. The van der Waals surface area contributed by atoms with Crippen LogP contribution in [0.15, 0.2) is 12.2 Å². The molecule has 0 aliphatic heterocycles. The Morgan fingerprint density at radius 1 is 1.32 bits per heavy atom. The minimum atomic E-state index is -0.619. The number of hydrogen-bond donors (Lipinski definition) is 2. The number of carbonyl (C=O) groups is 3. The summed E-state index contributed by atoms with van der Waals surface area (Å²) in [4.78, 5) is 34.8. The van der Waals surface area contributed by atoms with Crippen molar-refractivity contribution in [1.82, 2.24) is 10.4 Å². The van der Waals surface area contributed by atoms with Gasteiger partial charge in [0.1, 0.15) is 0 Å². The van der Waals surface area contributed by atoms with Crippen molar-refractivity contribution < 1.29 is 19.6 Å². The first-order valence-corrected chi connectivity index (χ1v) is 8.21. The fourth-order valence-electron chi connectivity index (χ4n) is 1.68. The first-order valence-electron chi connectivity index (χ1n) is 7.33. The predicted molar refractivity (Wildman–Crippen MR) is 87.3 cm³/mol. The van der Waals surface area contributed by atoms with Gasteiger partial charge in [0.2, 0.25) is 16.9 Å². The van der Waals surface area contributed by atoms with Gasteiger partial charge in [0, 0.05) is 13.3 Å². The highest BCUT2D eigenvalue weighted by Crippen LogP contribution is 2.19. The molecule has 0 radical (unpaired) electrons. The number of unbranched alkanes of at least 4 members (excludes halogenated alkanes) is 1. The second kappa shape index (κ2) is 10.4. The van der Waals surface area contributed by atoms with E-state index in [0.717, 1.165) is 24.6 Å². The summed E-state index contributed by atoms with van der Waals surface area (Å²) in [5.74, 6) is -0.828. The van der Waals surface area contributed by atoms with Gasteiger partial charge in [-0.1, -0.05) is 38.1 Å². The van der Waals surface area contributed by atoms with Crippen molar-refractivity contribution in [2.75, 3.05) is 0 Å². The van der Waals surface area contributed by atoms with Gasteiger partial charge in [0.15, 0.2) is 0 Å². The lowest BCUT2D eigenvalue weighted by molar-refractivity contribution is -0.172. The molecule has 0 spiro atoms. The molecule has 0 bridgehead atoms. The molecule has 126 valence electrons. The maximum Gasteiger partial charge on any atom is 0.243 e. The highest BCUT2D eigenvalue weighted by Gasteiger charge is 2.21. The number of hydrogen-bond acceptors (Lipinski definition) is 5. The van der Waals surface area contributed by atoms with Crippen LogP contribution in [0.5, 0.6) is 0 Å². The van der Waals surface area contributed by atoms with Crippen molar-refractivity contribution in [3.05, 3.63) is 12.2 Å². The van der Waals surface area contributed by atoms with E-state index >= 15 is 0 Å². The molecular weight excluding hydrogens is 304 g/mol. The van der Waals surface area contributed by atoms with Crippen LogP contribution in [0.1, 0.15) is 53.4 Å². The Balaban J connectivity index is 4.57. The van der Waals surface area contributed by atoms with Gasteiger partial charge in [-0.25, -0.2) is 5.06 Å². The Hall–Kier alpha value is -1.34. The minimum Gasteiger partial charge on any atom is -0.344 e. The van der Waals surface area contributed by atoms with E-state index in [0.29, 0.717) is 17.1 Å². The molecule has 0 saturated carbocycles. The van der Waals surface area contributed by atoms with Crippen molar-refractivity contribution in [2.45, 2.75) is 64.8 Å². The Labute approximate surface area is 136 Å². The standard InChI is InChI=1S/C15H26N2O4S/c1-6-7-8-14(22-15(20)10(2)3)16-13(19)9-11(4)17(21)12(5)18/h11,14,21H,2,6-9H2,1,3-5H3,(H,16,19). The molecule has 2 atom stereocenters. The molecule has 0 fully saturated rings. The molecule has 0 rings (SSSR count). The average molecular weight is 330 g/mol. The van der Waals surface area contributed by atoms with E-state index < -0.39 is 11.9 Å². The van der Waals surface area contributed by atoms with Crippen LogP contribution in [-0.2, 0) is 14.4 Å². The SMILES string of the molecule is C=C(C)C(=O)SC(CCCC)NC(=O)CC(C)N(O)C(C)=O. The van der Waals surface area contributed by atoms with Gasteiger partial charge in [0.05, 0.1) is 11.4 Å². The van der Waals surface area contributed by atoms with Crippen molar-refractivity contribution in [3.63, 3.8) is 0 Å². The molecule has 0 aliphatic rings. The van der Waals surface area contributed by atoms with Gasteiger partial charge in [-0.3, -0.25) is 19.6 Å². The molecule has 6 nitrogen and oxygen atoms in total. The zero-order valence-corrected chi connectivity index (χ0v) is 14.5. The third-order valence-electron chi connectivity index (χ3n) is 2.96. The van der Waals surface area contributed by atoms with Gasteiger partial charge in [-0.15, -0.1) is 0 Å². The molecule has 0 aliphatic carbocycles. The third-order valence-corrected chi connectivity index (χ3v) is 4.16. The first-order chi connectivity index (χ1) is 10.2. The van der Waals surface area contributed by atoms with Gasteiger partial charge >= 0.3 is 0 Å². The molecule has 22 heavy (non-hydrogen) atoms. The smallest absolute Gasteiger partial charge is 0.243 e. The molecule has 2 amide bonds. The molecule has 0 aromatic heterocycles. The van der Waals surface area contributed by atoms with Gasteiger partial charge in [0.25, 0.3) is 0 Å². The lowest BCUT2D eigenvalue weighted by atomic mass is 10.2. The molecule has 0 saturated heterocycles. The van der Waals surface area contributed by atoms with Gasteiger partial charge in [-0.05, 0) is 25.8 Å². The summed E-state index contributed by atoms with van der Waals surface area (Å²) < 4.78 is 0. The summed E-state index contributed by atoms with van der Waals surface area (Å²) in [6.45, 7) is 10.1. The monoisotopic (exact) mass is 330 g/mol. The lowest BCUT2D eigenvalue weighted by Crippen LogP contribution is -2.40. The Kier molecular flexibility index (Phi) is 9.76. The number of nitrogens with zero attached hydrogens (tertiary/aromatic N) is 1. The zero-order chi connectivity index (χ0) is 17.3. The van der Waals surface area contributed by atoms with Gasteiger partial charge in [-0.2, -0.15) is 0 Å². The second-order valence-electron chi connectivity index (χ2n) is 5.30. The Morgan fingerprint density at radius 2 is 1.91 bits per heavy atom. The average Bonchev–Trinajstić information content (AvgIpc) is 2.43. The summed E-state index contributed by atoms with van der Waals surface area (Å²) in [5, 5.41) is 12.3. The highest BCUT2D eigenvalue weighted by atomic mass is 32.2. The van der Waals surface area contributed by atoms with Crippen LogP contribution in [0.3, 0.4) is 0 Å². The second-order valence-corrected chi connectivity index (χ2v) is 6.48. The van der Waals surface area contributed by atoms with E-state index in [-0.39, 0.29) is 22.8 Å². The van der Waals surface area contributed by atoms with Crippen LogP contribution in [0.4, 0.5) is 0 Å². The van der Waals surface area contributed by atoms with E-state index in [1.165, 1.54) is 6.92 Å². The van der Waals surface area contributed by atoms with Crippen molar-refractivity contribution in [1.29, 1.82) is 0 Å². The van der Waals surface area contributed by atoms with E-state index in [4.69, 9.17) is 0 Å². The van der Waals surface area contributed by atoms with Crippen LogP contribution in [0.25, 0.3) is 0 Å². The summed E-state index contributed by atoms with van der Waals surface area (Å²) in [7, 11) is 0. The molecule has 7 heteroatoms. The quantitative estimate of drug-likeness (QED) is 0.293. The maximum absolute atomic E-state index is 12.0. The number of carbonyl (C=O) groups excluding carboxylic acids is 3. The summed E-state index contributed by atoms with van der Waals surface area (Å²) >= 11 is 1.05. The molecule has 2 unspecified atom stereocenters. The number of rotatable bonds is 9.